The van der Waals surface area contributed by atoms with E-state index in [9.17, 15) is 4.79 Å². The summed E-state index contributed by atoms with van der Waals surface area (Å²) in [5.74, 6) is 1.08. The van der Waals surface area contributed by atoms with Gasteiger partial charge in [-0.15, -0.1) is 0 Å². The highest BCUT2D eigenvalue weighted by Crippen LogP contribution is 2.23. The topological polar surface area (TPSA) is 48.4 Å². The lowest BCUT2D eigenvalue weighted by molar-refractivity contribution is -0.138. The molecule has 28 heavy (non-hydrogen) atoms. The highest BCUT2D eigenvalue weighted by molar-refractivity contribution is 5.75. The van der Waals surface area contributed by atoms with Crippen LogP contribution in [0.25, 0.3) is 11.3 Å². The third-order valence-electron chi connectivity index (χ3n) is 4.89. The van der Waals surface area contributed by atoms with Crippen LogP contribution < -0.4 is 9.47 Å². The quantitative estimate of drug-likeness (QED) is 0.240. The zero-order valence-electron chi connectivity index (χ0n) is 17.4. The number of carbonyl (C=O) groups excluding carboxylic acids is 1. The number of carbonyl (C=O) groups is 1. The van der Waals surface area contributed by atoms with Crippen LogP contribution in [0.3, 0.4) is 0 Å². The molecule has 4 nitrogen and oxygen atoms in total. The van der Waals surface area contributed by atoms with Crippen LogP contribution in [0.5, 0.6) is 11.5 Å². The molecule has 1 aromatic heterocycles. The van der Waals surface area contributed by atoms with Gasteiger partial charge in [-0.3, -0.25) is 9.78 Å². The fraction of sp³-hybridized carbons (Fsp3) is 0.500. The van der Waals surface area contributed by atoms with Gasteiger partial charge < -0.3 is 9.47 Å². The number of pyridine rings is 1. The van der Waals surface area contributed by atoms with Crippen LogP contribution in [0.1, 0.15) is 65.7 Å². The van der Waals surface area contributed by atoms with Gasteiger partial charge in [-0.25, -0.2) is 0 Å². The lowest BCUT2D eigenvalue weighted by Gasteiger charge is -2.10. The summed E-state index contributed by atoms with van der Waals surface area (Å²) in [6, 6.07) is 11.4. The second-order valence-corrected chi connectivity index (χ2v) is 7.25. The summed E-state index contributed by atoms with van der Waals surface area (Å²) in [5, 5.41) is 0. The zero-order valence-corrected chi connectivity index (χ0v) is 17.4. The fourth-order valence-electron chi connectivity index (χ4n) is 2.79. The monoisotopic (exact) mass is 383 g/mol. The predicted molar refractivity (Wildman–Crippen MR) is 114 cm³/mol. The number of unbranched alkanes of at least 4 members (excludes halogenated alkanes) is 5. The van der Waals surface area contributed by atoms with Gasteiger partial charge in [0.05, 0.1) is 24.4 Å². The van der Waals surface area contributed by atoms with Crippen molar-refractivity contribution >= 4 is 5.97 Å². The number of ether oxygens (including phenoxy) is 2. The Kier molecular flexibility index (Phi) is 9.53. The van der Waals surface area contributed by atoms with E-state index >= 15 is 0 Å². The van der Waals surface area contributed by atoms with Crippen LogP contribution >= 0.6 is 0 Å². The fourth-order valence-corrected chi connectivity index (χ4v) is 2.79. The van der Waals surface area contributed by atoms with E-state index in [1.165, 1.54) is 32.1 Å². The van der Waals surface area contributed by atoms with E-state index in [1.807, 2.05) is 38.1 Å². The van der Waals surface area contributed by atoms with Crippen molar-refractivity contribution in [1.29, 1.82) is 0 Å². The Balaban J connectivity index is 1.80. The Hall–Kier alpha value is -2.36. The molecular weight excluding hydrogens is 350 g/mol. The Morgan fingerprint density at radius 2 is 1.61 bits per heavy atom. The van der Waals surface area contributed by atoms with Gasteiger partial charge in [-0.2, -0.15) is 0 Å². The first-order valence-electron chi connectivity index (χ1n) is 10.5. The van der Waals surface area contributed by atoms with Crippen LogP contribution in [0.2, 0.25) is 0 Å². The van der Waals surface area contributed by atoms with Crippen molar-refractivity contribution < 1.29 is 14.3 Å². The molecule has 1 atom stereocenters. The molecule has 1 heterocycles. The third kappa shape index (κ3) is 7.34. The van der Waals surface area contributed by atoms with Crippen LogP contribution in [-0.2, 0) is 4.79 Å². The van der Waals surface area contributed by atoms with E-state index in [-0.39, 0.29) is 11.9 Å². The average Bonchev–Trinajstić information content (AvgIpc) is 2.73. The maximum atomic E-state index is 11.9. The molecule has 0 radical (unpaired) electrons. The van der Waals surface area contributed by atoms with Crippen molar-refractivity contribution in [2.45, 2.75) is 65.7 Å². The zero-order chi connectivity index (χ0) is 20.2. The van der Waals surface area contributed by atoms with Crippen LogP contribution in [0.15, 0.2) is 42.6 Å². The molecule has 0 saturated carbocycles. The molecule has 0 fully saturated rings. The summed E-state index contributed by atoms with van der Waals surface area (Å²) >= 11 is 0. The number of hydrogen-bond acceptors (Lipinski definition) is 4. The molecule has 2 rings (SSSR count). The molecule has 0 aliphatic carbocycles. The molecule has 0 aliphatic rings. The predicted octanol–water partition coefficient (Wildman–Crippen LogP) is 6.44. The van der Waals surface area contributed by atoms with Crippen molar-refractivity contribution in [3.63, 3.8) is 0 Å². The van der Waals surface area contributed by atoms with E-state index in [0.717, 1.165) is 36.5 Å². The molecule has 1 unspecified atom stereocenters. The van der Waals surface area contributed by atoms with Crippen molar-refractivity contribution in [3.8, 4) is 22.8 Å². The second-order valence-electron chi connectivity index (χ2n) is 7.25. The van der Waals surface area contributed by atoms with Crippen molar-refractivity contribution in [1.82, 2.24) is 4.98 Å². The lowest BCUT2D eigenvalue weighted by Crippen LogP contribution is -2.16. The smallest absolute Gasteiger partial charge is 0.314 e. The van der Waals surface area contributed by atoms with Gasteiger partial charge in [-0.1, -0.05) is 52.9 Å². The summed E-state index contributed by atoms with van der Waals surface area (Å²) in [4.78, 5) is 16.3. The SMILES string of the molecule is CCCCCCCCOc1ccc(-c2ccc(OC(=O)C(C)CC)cc2)nc1. The Bertz CT molecular complexity index is 695. The van der Waals surface area contributed by atoms with Gasteiger partial charge in [-0.05, 0) is 49.2 Å². The molecule has 0 N–H and O–H groups in total. The molecule has 1 aromatic carbocycles. The van der Waals surface area contributed by atoms with Crippen LogP contribution in [0, 0.1) is 5.92 Å². The first-order chi connectivity index (χ1) is 13.6. The Morgan fingerprint density at radius 3 is 2.25 bits per heavy atom. The molecule has 152 valence electrons. The minimum atomic E-state index is -0.194. The van der Waals surface area contributed by atoms with Crippen LogP contribution in [0.4, 0.5) is 0 Å². The number of rotatable bonds is 12. The average molecular weight is 384 g/mol. The van der Waals surface area contributed by atoms with Crippen LogP contribution in [-0.4, -0.2) is 17.6 Å². The number of esters is 1. The number of aromatic nitrogens is 1. The minimum absolute atomic E-state index is 0.0924. The van der Waals surface area contributed by atoms with E-state index in [1.54, 1.807) is 18.3 Å². The van der Waals surface area contributed by atoms with Gasteiger partial charge in [0.1, 0.15) is 11.5 Å². The Morgan fingerprint density at radius 1 is 0.929 bits per heavy atom. The summed E-state index contributed by atoms with van der Waals surface area (Å²) in [6.07, 6.45) is 10.1. The molecule has 4 heteroatoms. The van der Waals surface area contributed by atoms with Crippen molar-refractivity contribution in [3.05, 3.63) is 42.6 Å². The summed E-state index contributed by atoms with van der Waals surface area (Å²) in [5.41, 5.74) is 1.84. The van der Waals surface area contributed by atoms with E-state index in [4.69, 9.17) is 9.47 Å². The Labute approximate surface area is 169 Å². The van der Waals surface area contributed by atoms with Crippen molar-refractivity contribution in [2.24, 2.45) is 5.92 Å². The van der Waals surface area contributed by atoms with E-state index in [2.05, 4.69) is 11.9 Å². The summed E-state index contributed by atoms with van der Waals surface area (Å²) in [7, 11) is 0. The first-order valence-corrected chi connectivity index (χ1v) is 10.5. The number of hydrogen-bond donors (Lipinski definition) is 0. The second kappa shape index (κ2) is 12.2. The minimum Gasteiger partial charge on any atom is -0.492 e. The molecule has 0 spiro atoms. The van der Waals surface area contributed by atoms with Gasteiger partial charge in [0, 0.05) is 5.56 Å². The van der Waals surface area contributed by atoms with Crippen molar-refractivity contribution in [2.75, 3.05) is 6.61 Å². The molecule has 0 bridgehead atoms. The third-order valence-corrected chi connectivity index (χ3v) is 4.89. The maximum Gasteiger partial charge on any atom is 0.314 e. The summed E-state index contributed by atoms with van der Waals surface area (Å²) < 4.78 is 11.2. The van der Waals surface area contributed by atoms with E-state index < -0.39 is 0 Å². The van der Waals surface area contributed by atoms with Gasteiger partial charge >= 0.3 is 5.97 Å². The maximum absolute atomic E-state index is 11.9. The molecule has 0 saturated heterocycles. The van der Waals surface area contributed by atoms with E-state index in [0.29, 0.717) is 5.75 Å². The normalized spacial score (nSPS) is 11.8. The number of benzene rings is 1. The van der Waals surface area contributed by atoms with Gasteiger partial charge in [0.15, 0.2) is 0 Å². The van der Waals surface area contributed by atoms with Gasteiger partial charge in [0.25, 0.3) is 0 Å². The molecule has 0 aliphatic heterocycles. The molecule has 2 aromatic rings. The molecule has 0 amide bonds. The number of nitrogens with zero attached hydrogens (tertiary/aromatic N) is 1. The first kappa shape index (κ1) is 21.9. The van der Waals surface area contributed by atoms with Gasteiger partial charge in [0.2, 0.25) is 0 Å². The highest BCUT2D eigenvalue weighted by atomic mass is 16.5. The summed E-state index contributed by atoms with van der Waals surface area (Å²) in [6.45, 7) is 6.82. The largest absolute Gasteiger partial charge is 0.492 e. The lowest BCUT2D eigenvalue weighted by atomic mass is 10.1. The molecular formula is C24H33NO3. The highest BCUT2D eigenvalue weighted by Gasteiger charge is 2.13. The standard InChI is InChI=1S/C24H33NO3/c1-4-6-7-8-9-10-17-27-22-15-16-23(25-18-22)20-11-13-21(14-12-20)28-24(26)19(3)5-2/h11-16,18-19H,4-10,17H2,1-3H3.